The molecule has 1 saturated heterocycles. The first-order chi connectivity index (χ1) is 11.2. The number of carbonyl (C=O) groups excluding carboxylic acids is 1. The van der Waals surface area contributed by atoms with Gasteiger partial charge in [-0.1, -0.05) is 5.10 Å². The van der Waals surface area contributed by atoms with Crippen molar-refractivity contribution in [2.75, 3.05) is 11.4 Å². The van der Waals surface area contributed by atoms with Crippen LogP contribution in [0, 0.1) is 5.92 Å². The standard InChI is InChI=1S/C15H20N6OS/c16-14(22)8-10-6-12(7-10)21-15(17-18-19-21)20-4-1-2-13(20)11-3-5-23-9-11/h3,5,9-10,12-13H,1-2,4,6-8H2,(H2,16,22). The van der Waals surface area contributed by atoms with Crippen molar-refractivity contribution in [3.8, 4) is 0 Å². The average Bonchev–Trinajstić information content (AvgIpc) is 3.19. The van der Waals surface area contributed by atoms with Gasteiger partial charge in [0.25, 0.3) is 0 Å². The minimum atomic E-state index is -0.220. The molecule has 1 saturated carbocycles. The van der Waals surface area contributed by atoms with Gasteiger partial charge in [0, 0.05) is 13.0 Å². The highest BCUT2D eigenvalue weighted by atomic mass is 32.1. The average molecular weight is 332 g/mol. The molecule has 1 amide bonds. The van der Waals surface area contributed by atoms with Crippen molar-refractivity contribution in [3.63, 3.8) is 0 Å². The van der Waals surface area contributed by atoms with Gasteiger partial charge in [0.1, 0.15) is 0 Å². The van der Waals surface area contributed by atoms with Crippen LogP contribution in [0.3, 0.4) is 0 Å². The van der Waals surface area contributed by atoms with Crippen LogP contribution in [0.25, 0.3) is 0 Å². The lowest BCUT2D eigenvalue weighted by Crippen LogP contribution is -2.34. The number of hydrogen-bond acceptors (Lipinski definition) is 6. The molecule has 2 N–H and O–H groups in total. The van der Waals surface area contributed by atoms with E-state index in [4.69, 9.17) is 5.73 Å². The molecule has 2 aromatic heterocycles. The van der Waals surface area contributed by atoms with Crippen molar-refractivity contribution in [2.24, 2.45) is 11.7 Å². The minimum absolute atomic E-state index is 0.220. The van der Waals surface area contributed by atoms with Crippen molar-refractivity contribution in [1.82, 2.24) is 20.2 Å². The van der Waals surface area contributed by atoms with Crippen molar-refractivity contribution < 1.29 is 4.79 Å². The zero-order valence-electron chi connectivity index (χ0n) is 12.8. The van der Waals surface area contributed by atoms with Gasteiger partial charge in [0.15, 0.2) is 0 Å². The van der Waals surface area contributed by atoms with Crippen LogP contribution in [0.1, 0.15) is 49.8 Å². The number of rotatable bonds is 5. The number of tetrazole rings is 1. The lowest BCUT2D eigenvalue weighted by atomic mass is 9.78. The van der Waals surface area contributed by atoms with E-state index < -0.39 is 0 Å². The number of anilines is 1. The number of thiophene rings is 1. The number of carbonyl (C=O) groups is 1. The maximum atomic E-state index is 11.0. The molecule has 2 aliphatic rings. The maximum absolute atomic E-state index is 11.0. The normalized spacial score (nSPS) is 27.1. The van der Waals surface area contributed by atoms with Crippen LogP contribution < -0.4 is 10.6 Å². The summed E-state index contributed by atoms with van der Waals surface area (Å²) in [4.78, 5) is 13.3. The fourth-order valence-electron chi connectivity index (χ4n) is 3.78. The monoisotopic (exact) mass is 332 g/mol. The number of nitrogens with two attached hydrogens (primary N) is 1. The largest absolute Gasteiger partial charge is 0.370 e. The Kier molecular flexibility index (Phi) is 3.76. The fraction of sp³-hybridized carbons (Fsp3) is 0.600. The van der Waals surface area contributed by atoms with E-state index in [1.54, 1.807) is 11.3 Å². The van der Waals surface area contributed by atoms with E-state index in [-0.39, 0.29) is 11.9 Å². The number of aromatic nitrogens is 4. The lowest BCUT2D eigenvalue weighted by molar-refractivity contribution is -0.119. The fourth-order valence-corrected chi connectivity index (χ4v) is 4.49. The van der Waals surface area contributed by atoms with E-state index in [1.165, 1.54) is 5.56 Å². The van der Waals surface area contributed by atoms with Crippen molar-refractivity contribution in [1.29, 1.82) is 0 Å². The topological polar surface area (TPSA) is 89.9 Å². The second-order valence-corrected chi connectivity index (χ2v) is 7.27. The number of amides is 1. The smallest absolute Gasteiger partial charge is 0.246 e. The SMILES string of the molecule is NC(=O)CC1CC(n2nnnc2N2CCCC2c2ccsc2)C1. The molecular formula is C15H20N6OS. The molecule has 23 heavy (non-hydrogen) atoms. The van der Waals surface area contributed by atoms with Gasteiger partial charge in [-0.3, -0.25) is 4.79 Å². The van der Waals surface area contributed by atoms with Gasteiger partial charge in [-0.2, -0.15) is 11.3 Å². The number of nitrogens with zero attached hydrogens (tertiary/aromatic N) is 5. The summed E-state index contributed by atoms with van der Waals surface area (Å²) >= 11 is 1.73. The van der Waals surface area contributed by atoms with Gasteiger partial charge in [-0.25, -0.2) is 4.68 Å². The van der Waals surface area contributed by atoms with Crippen LogP contribution in [0.5, 0.6) is 0 Å². The Hall–Kier alpha value is -1.96. The summed E-state index contributed by atoms with van der Waals surface area (Å²) in [6.45, 7) is 0.984. The summed E-state index contributed by atoms with van der Waals surface area (Å²) in [5.41, 5.74) is 6.62. The first kappa shape index (κ1) is 14.6. The molecule has 1 unspecified atom stereocenters. The van der Waals surface area contributed by atoms with E-state index in [9.17, 15) is 4.79 Å². The molecule has 122 valence electrons. The molecule has 8 heteroatoms. The number of hydrogen-bond donors (Lipinski definition) is 1. The highest BCUT2D eigenvalue weighted by Crippen LogP contribution is 2.43. The molecular weight excluding hydrogens is 312 g/mol. The van der Waals surface area contributed by atoms with Crippen molar-refractivity contribution in [2.45, 2.75) is 44.2 Å². The summed E-state index contributed by atoms with van der Waals surface area (Å²) in [5.74, 6) is 1.02. The Morgan fingerprint density at radius 1 is 1.43 bits per heavy atom. The molecule has 2 fully saturated rings. The van der Waals surface area contributed by atoms with E-state index in [1.807, 2.05) is 4.68 Å². The summed E-state index contributed by atoms with van der Waals surface area (Å²) in [5, 5.41) is 16.7. The Morgan fingerprint density at radius 3 is 3.04 bits per heavy atom. The Balaban J connectivity index is 1.50. The third kappa shape index (κ3) is 2.71. The van der Waals surface area contributed by atoms with Crippen molar-refractivity contribution in [3.05, 3.63) is 22.4 Å². The molecule has 1 aliphatic carbocycles. The van der Waals surface area contributed by atoms with Gasteiger partial charge in [-0.05, 0) is 64.4 Å². The minimum Gasteiger partial charge on any atom is -0.370 e. The molecule has 0 spiro atoms. The molecule has 0 bridgehead atoms. The van der Waals surface area contributed by atoms with E-state index in [0.717, 1.165) is 38.2 Å². The highest BCUT2D eigenvalue weighted by molar-refractivity contribution is 7.08. The molecule has 3 heterocycles. The summed E-state index contributed by atoms with van der Waals surface area (Å²) in [6.07, 6.45) is 4.62. The van der Waals surface area contributed by atoms with Gasteiger partial charge >= 0.3 is 0 Å². The molecule has 4 rings (SSSR count). The van der Waals surface area contributed by atoms with Crippen LogP contribution >= 0.6 is 11.3 Å². The van der Waals surface area contributed by atoms with Gasteiger partial charge in [0.05, 0.1) is 12.1 Å². The molecule has 0 aromatic carbocycles. The summed E-state index contributed by atoms with van der Waals surface area (Å²) in [7, 11) is 0. The van der Waals surface area contributed by atoms with Gasteiger partial charge in [-0.15, -0.1) is 0 Å². The van der Waals surface area contributed by atoms with Crippen LogP contribution in [-0.2, 0) is 4.79 Å². The van der Waals surface area contributed by atoms with Crippen LogP contribution in [0.2, 0.25) is 0 Å². The molecule has 1 atom stereocenters. The van der Waals surface area contributed by atoms with Gasteiger partial charge in [0.2, 0.25) is 11.9 Å². The predicted molar refractivity (Wildman–Crippen MR) is 87.0 cm³/mol. The zero-order chi connectivity index (χ0) is 15.8. The zero-order valence-corrected chi connectivity index (χ0v) is 13.7. The maximum Gasteiger partial charge on any atom is 0.246 e. The Labute approximate surface area is 138 Å². The molecule has 0 radical (unpaired) electrons. The highest BCUT2D eigenvalue weighted by Gasteiger charge is 2.37. The van der Waals surface area contributed by atoms with Crippen LogP contribution in [0.15, 0.2) is 16.8 Å². The molecule has 2 aromatic rings. The van der Waals surface area contributed by atoms with Crippen LogP contribution in [-0.4, -0.2) is 32.7 Å². The molecule has 1 aliphatic heterocycles. The third-order valence-electron chi connectivity index (χ3n) is 4.96. The third-order valence-corrected chi connectivity index (χ3v) is 5.66. The van der Waals surface area contributed by atoms with E-state index in [0.29, 0.717) is 18.4 Å². The summed E-state index contributed by atoms with van der Waals surface area (Å²) in [6, 6.07) is 2.84. The predicted octanol–water partition coefficient (Wildman–Crippen LogP) is 1.90. The van der Waals surface area contributed by atoms with Gasteiger partial charge < -0.3 is 10.6 Å². The lowest BCUT2D eigenvalue weighted by Gasteiger charge is -2.36. The Morgan fingerprint density at radius 2 is 2.30 bits per heavy atom. The Bertz CT molecular complexity index is 678. The second-order valence-electron chi connectivity index (χ2n) is 6.49. The molecule has 7 nitrogen and oxygen atoms in total. The summed E-state index contributed by atoms with van der Waals surface area (Å²) < 4.78 is 1.95. The first-order valence-corrected chi connectivity index (χ1v) is 9.01. The first-order valence-electron chi connectivity index (χ1n) is 8.07. The van der Waals surface area contributed by atoms with Crippen LogP contribution in [0.4, 0.5) is 5.95 Å². The van der Waals surface area contributed by atoms with Crippen molar-refractivity contribution >= 4 is 23.2 Å². The second kappa shape index (κ2) is 5.92. The van der Waals surface area contributed by atoms with E-state index >= 15 is 0 Å². The van der Waals surface area contributed by atoms with E-state index in [2.05, 4.69) is 37.3 Å². The quantitative estimate of drug-likeness (QED) is 0.903. The number of primary amides is 1.